The zero-order valence-corrected chi connectivity index (χ0v) is 15.0. The van der Waals surface area contributed by atoms with E-state index in [0.29, 0.717) is 17.7 Å². The van der Waals surface area contributed by atoms with E-state index < -0.39 is 24.6 Å². The normalized spacial score (nSPS) is 10.9. The summed E-state index contributed by atoms with van der Waals surface area (Å²) in [7, 11) is 0. The summed E-state index contributed by atoms with van der Waals surface area (Å²) in [5.41, 5.74) is 1.41. The van der Waals surface area contributed by atoms with Crippen LogP contribution in [0.5, 0.6) is 5.75 Å². The molecule has 0 fully saturated rings. The second kappa shape index (κ2) is 9.31. The number of ether oxygens (including phenoxy) is 2. The fraction of sp³-hybridized carbons (Fsp3) is 0.474. The van der Waals surface area contributed by atoms with E-state index in [4.69, 9.17) is 9.84 Å². The molecule has 0 aliphatic carbocycles. The van der Waals surface area contributed by atoms with Crippen molar-refractivity contribution in [1.29, 1.82) is 0 Å². The molecule has 0 aliphatic rings. The number of rotatable bonds is 9. The maximum Gasteiger partial charge on any atom is 0.508 e. The second-order valence-electron chi connectivity index (χ2n) is 6.12. The van der Waals surface area contributed by atoms with Gasteiger partial charge < -0.3 is 14.6 Å². The average Bonchev–Trinajstić information content (AvgIpc) is 2.55. The Labute approximate surface area is 150 Å². The van der Waals surface area contributed by atoms with Crippen molar-refractivity contribution in [3.63, 3.8) is 0 Å². The Bertz CT molecular complexity index is 780. The maximum absolute atomic E-state index is 14.4. The molecular weight excluding hydrogens is 344 g/mol. The van der Waals surface area contributed by atoms with E-state index in [2.05, 4.69) is 16.6 Å². The van der Waals surface area contributed by atoms with Crippen LogP contribution in [0.15, 0.2) is 12.1 Å². The molecule has 0 saturated carbocycles. The predicted molar refractivity (Wildman–Crippen MR) is 93.5 cm³/mol. The summed E-state index contributed by atoms with van der Waals surface area (Å²) in [4.78, 5) is 14.8. The number of fused-ring (bicyclic) bond motifs is 1. The number of aromatic nitrogens is 1. The molecule has 0 bridgehead atoms. The van der Waals surface area contributed by atoms with Gasteiger partial charge in [-0.2, -0.15) is 0 Å². The number of pyridine rings is 1. The Morgan fingerprint density at radius 2 is 1.92 bits per heavy atom. The molecule has 5 nitrogen and oxygen atoms in total. The molecule has 142 valence electrons. The molecule has 0 saturated heterocycles. The van der Waals surface area contributed by atoms with Crippen molar-refractivity contribution in [3.8, 4) is 5.75 Å². The molecule has 0 radical (unpaired) electrons. The van der Waals surface area contributed by atoms with Crippen LogP contribution in [0.2, 0.25) is 0 Å². The lowest BCUT2D eigenvalue weighted by atomic mass is 10.0. The first kappa shape index (κ1) is 19.9. The number of unbranched alkanes of at least 4 members (excludes halogenated alkanes) is 4. The van der Waals surface area contributed by atoms with E-state index in [1.807, 2.05) is 0 Å². The molecule has 0 atom stereocenters. The van der Waals surface area contributed by atoms with Crippen LogP contribution in [-0.4, -0.2) is 23.0 Å². The first-order valence-electron chi connectivity index (χ1n) is 8.70. The van der Waals surface area contributed by atoms with Crippen LogP contribution in [-0.2, 0) is 11.2 Å². The zero-order chi connectivity index (χ0) is 19.1. The van der Waals surface area contributed by atoms with Crippen LogP contribution in [0.1, 0.15) is 50.3 Å². The quantitative estimate of drug-likeness (QED) is 0.367. The van der Waals surface area contributed by atoms with Gasteiger partial charge in [0.2, 0.25) is 6.79 Å². The summed E-state index contributed by atoms with van der Waals surface area (Å²) in [6.07, 6.45) is 4.39. The van der Waals surface area contributed by atoms with Crippen molar-refractivity contribution in [3.05, 3.63) is 35.0 Å². The lowest BCUT2D eigenvalue weighted by molar-refractivity contribution is 0.0262. The Balaban J connectivity index is 2.37. The van der Waals surface area contributed by atoms with Gasteiger partial charge in [0.25, 0.3) is 0 Å². The Hall–Kier alpha value is -2.44. The van der Waals surface area contributed by atoms with Crippen LogP contribution in [0.3, 0.4) is 0 Å². The third-order valence-electron chi connectivity index (χ3n) is 4.18. The summed E-state index contributed by atoms with van der Waals surface area (Å²) in [5, 5.41) is 8.64. The standard InChI is InChI=1S/C19H23F2NO4/c1-3-4-5-6-7-8-14-12(2)22-16-10-13(20)9-15(21)17(16)18(14)25-11-26-19(23)24/h9-10H,3-8,11H2,1-2H3,(H,23,24). The Morgan fingerprint density at radius 3 is 2.62 bits per heavy atom. The molecule has 26 heavy (non-hydrogen) atoms. The van der Waals surface area contributed by atoms with Crippen LogP contribution in [0, 0.1) is 18.6 Å². The van der Waals surface area contributed by atoms with E-state index in [0.717, 1.165) is 44.2 Å². The zero-order valence-electron chi connectivity index (χ0n) is 15.0. The van der Waals surface area contributed by atoms with Gasteiger partial charge in [0.1, 0.15) is 17.4 Å². The number of benzene rings is 1. The van der Waals surface area contributed by atoms with Gasteiger partial charge in [0.05, 0.1) is 10.9 Å². The van der Waals surface area contributed by atoms with Crippen molar-refractivity contribution in [1.82, 2.24) is 4.98 Å². The number of carboxylic acid groups (broad SMARTS) is 1. The molecule has 1 N–H and O–H groups in total. The molecule has 7 heteroatoms. The summed E-state index contributed by atoms with van der Waals surface area (Å²) in [5.74, 6) is -1.37. The molecule has 2 aromatic rings. The SMILES string of the molecule is CCCCCCCc1c(C)nc2cc(F)cc(F)c2c1OCOC(=O)O. The smallest absolute Gasteiger partial charge is 0.456 e. The number of hydrogen-bond donors (Lipinski definition) is 1. The molecule has 0 spiro atoms. The molecule has 0 unspecified atom stereocenters. The van der Waals surface area contributed by atoms with E-state index in [1.165, 1.54) is 0 Å². The van der Waals surface area contributed by atoms with E-state index >= 15 is 0 Å². The first-order chi connectivity index (χ1) is 12.4. The van der Waals surface area contributed by atoms with Gasteiger partial charge in [-0.15, -0.1) is 0 Å². The minimum absolute atomic E-state index is 0.0366. The minimum Gasteiger partial charge on any atom is -0.456 e. The summed E-state index contributed by atoms with van der Waals surface area (Å²) < 4.78 is 37.7. The fourth-order valence-electron chi connectivity index (χ4n) is 2.93. The molecule has 2 rings (SSSR count). The topological polar surface area (TPSA) is 68.7 Å². The van der Waals surface area contributed by atoms with Gasteiger partial charge in [0, 0.05) is 23.4 Å². The van der Waals surface area contributed by atoms with E-state index in [1.54, 1.807) is 6.92 Å². The number of aryl methyl sites for hydroxylation is 1. The van der Waals surface area contributed by atoms with Crippen LogP contribution >= 0.6 is 0 Å². The maximum atomic E-state index is 14.4. The third kappa shape index (κ3) is 5.03. The van der Waals surface area contributed by atoms with E-state index in [9.17, 15) is 13.6 Å². The summed E-state index contributed by atoms with van der Waals surface area (Å²) >= 11 is 0. The number of nitrogens with zero attached hydrogens (tertiary/aromatic N) is 1. The Morgan fingerprint density at radius 1 is 1.19 bits per heavy atom. The van der Waals surface area contributed by atoms with E-state index in [-0.39, 0.29) is 16.7 Å². The van der Waals surface area contributed by atoms with Crippen molar-refractivity contribution in [2.45, 2.75) is 52.4 Å². The fourth-order valence-corrected chi connectivity index (χ4v) is 2.93. The van der Waals surface area contributed by atoms with Crippen LogP contribution in [0.25, 0.3) is 10.9 Å². The van der Waals surface area contributed by atoms with Gasteiger partial charge in [0.15, 0.2) is 0 Å². The van der Waals surface area contributed by atoms with Gasteiger partial charge in [-0.25, -0.2) is 13.6 Å². The van der Waals surface area contributed by atoms with Gasteiger partial charge in [-0.3, -0.25) is 4.98 Å². The average molecular weight is 367 g/mol. The summed E-state index contributed by atoms with van der Waals surface area (Å²) in [6.45, 7) is 3.30. The van der Waals surface area contributed by atoms with Crippen molar-refractivity contribution in [2.75, 3.05) is 6.79 Å². The molecule has 0 amide bonds. The Kier molecular flexibility index (Phi) is 7.12. The highest BCUT2D eigenvalue weighted by Gasteiger charge is 2.19. The van der Waals surface area contributed by atoms with Crippen molar-refractivity contribution >= 4 is 17.1 Å². The van der Waals surface area contributed by atoms with Crippen LogP contribution in [0.4, 0.5) is 13.6 Å². The lowest BCUT2D eigenvalue weighted by Gasteiger charge is -2.16. The number of carbonyl (C=O) groups is 1. The lowest BCUT2D eigenvalue weighted by Crippen LogP contribution is -2.11. The van der Waals surface area contributed by atoms with Gasteiger partial charge in [-0.05, 0) is 19.8 Å². The second-order valence-corrected chi connectivity index (χ2v) is 6.12. The third-order valence-corrected chi connectivity index (χ3v) is 4.18. The molecular formula is C19H23F2NO4. The minimum atomic E-state index is -1.49. The van der Waals surface area contributed by atoms with Crippen molar-refractivity contribution < 1.29 is 28.2 Å². The number of halogens is 2. The molecule has 1 aromatic heterocycles. The van der Waals surface area contributed by atoms with Crippen molar-refractivity contribution in [2.24, 2.45) is 0 Å². The highest BCUT2D eigenvalue weighted by molar-refractivity contribution is 5.87. The van der Waals surface area contributed by atoms with Gasteiger partial charge >= 0.3 is 6.16 Å². The first-order valence-corrected chi connectivity index (χ1v) is 8.70. The largest absolute Gasteiger partial charge is 0.508 e. The highest BCUT2D eigenvalue weighted by atomic mass is 19.1. The number of hydrogen-bond acceptors (Lipinski definition) is 4. The van der Waals surface area contributed by atoms with Crippen LogP contribution < -0.4 is 4.74 Å². The monoisotopic (exact) mass is 367 g/mol. The summed E-state index contributed by atoms with van der Waals surface area (Å²) in [6, 6.07) is 1.89. The molecule has 0 aliphatic heterocycles. The predicted octanol–water partition coefficient (Wildman–Crippen LogP) is 5.37. The highest BCUT2D eigenvalue weighted by Crippen LogP contribution is 2.34. The molecule has 1 aromatic carbocycles. The molecule has 1 heterocycles. The van der Waals surface area contributed by atoms with Gasteiger partial charge in [-0.1, -0.05) is 32.6 Å².